The van der Waals surface area contributed by atoms with Crippen molar-refractivity contribution in [3.8, 4) is 0 Å². The normalized spacial score (nSPS) is 18.6. The van der Waals surface area contributed by atoms with Gasteiger partial charge in [-0.15, -0.1) is 0 Å². The van der Waals surface area contributed by atoms with Gasteiger partial charge in [0.05, 0.1) is 44.9 Å². The first-order chi connectivity index (χ1) is 16.9. The van der Waals surface area contributed by atoms with Gasteiger partial charge in [0.2, 0.25) is 12.3 Å². The molecule has 1 saturated heterocycles. The van der Waals surface area contributed by atoms with Crippen LogP contribution in [0.25, 0.3) is 6.08 Å². The zero-order valence-corrected chi connectivity index (χ0v) is 22.6. The predicted octanol–water partition coefficient (Wildman–Crippen LogP) is 6.41. The fourth-order valence-corrected chi connectivity index (χ4v) is 7.61. The van der Waals surface area contributed by atoms with E-state index in [0.29, 0.717) is 12.3 Å². The molecule has 0 saturated carbocycles. The summed E-state index contributed by atoms with van der Waals surface area (Å²) in [6, 6.07) is 9.44. The number of hydrogen-bond acceptors (Lipinski definition) is 8. The highest BCUT2D eigenvalue weighted by Gasteiger charge is 2.34. The number of methoxy groups -OCH3 is 1. The third kappa shape index (κ3) is 4.53. The summed E-state index contributed by atoms with van der Waals surface area (Å²) < 4.78 is 12.5. The SMILES string of the molecule is C=C1/C(=C2\Sc3cc(Cl)ccc3N2C)S/C(=C\c2scc[n+]2Cc2ccc(C(=O)OC)o2)N1CC. The van der Waals surface area contributed by atoms with Gasteiger partial charge < -0.3 is 19.0 Å². The van der Waals surface area contributed by atoms with Crippen molar-refractivity contribution < 1.29 is 18.5 Å². The van der Waals surface area contributed by atoms with E-state index < -0.39 is 5.97 Å². The van der Waals surface area contributed by atoms with Crippen molar-refractivity contribution in [1.29, 1.82) is 0 Å². The number of thioether (sulfide) groups is 2. The number of likely N-dealkylation sites (N-methyl/N-ethyl adjacent to an activating group) is 1. The molecule has 10 heteroatoms. The summed E-state index contributed by atoms with van der Waals surface area (Å²) >= 11 is 11.3. The average Bonchev–Trinajstić information content (AvgIpc) is 3.62. The van der Waals surface area contributed by atoms with Crippen LogP contribution in [0.2, 0.25) is 5.02 Å². The first-order valence-electron chi connectivity index (χ1n) is 10.8. The highest BCUT2D eigenvalue weighted by Crippen LogP contribution is 2.54. The lowest BCUT2D eigenvalue weighted by Crippen LogP contribution is -2.34. The quantitative estimate of drug-likeness (QED) is 0.272. The third-order valence-corrected chi connectivity index (χ3v) is 9.31. The number of esters is 1. The molecule has 0 amide bonds. The minimum absolute atomic E-state index is 0.203. The number of halogens is 1. The molecule has 5 rings (SSSR count). The second-order valence-corrected chi connectivity index (χ2v) is 11.2. The first kappa shape index (κ1) is 24.1. The number of furan rings is 1. The molecule has 3 aromatic rings. The van der Waals surface area contributed by atoms with Gasteiger partial charge in [0, 0.05) is 23.5 Å². The second-order valence-electron chi connectivity index (χ2n) is 7.81. The van der Waals surface area contributed by atoms with Gasteiger partial charge in [0.15, 0.2) is 12.0 Å². The Labute approximate surface area is 221 Å². The lowest BCUT2D eigenvalue weighted by Gasteiger charge is -2.18. The van der Waals surface area contributed by atoms with Gasteiger partial charge >= 0.3 is 5.97 Å². The molecule has 6 nitrogen and oxygen atoms in total. The third-order valence-electron chi connectivity index (χ3n) is 5.70. The molecule has 0 spiro atoms. The van der Waals surface area contributed by atoms with Crippen molar-refractivity contribution >= 4 is 64.2 Å². The van der Waals surface area contributed by atoms with Crippen LogP contribution in [0.3, 0.4) is 0 Å². The smallest absolute Gasteiger partial charge is 0.373 e. The van der Waals surface area contributed by atoms with Crippen molar-refractivity contribution in [3.05, 3.63) is 90.7 Å². The number of hydrogen-bond donors (Lipinski definition) is 0. The molecule has 2 aliphatic heterocycles. The van der Waals surface area contributed by atoms with Crippen molar-refractivity contribution in [2.24, 2.45) is 0 Å². The van der Waals surface area contributed by atoms with Crippen molar-refractivity contribution in [1.82, 2.24) is 4.90 Å². The van der Waals surface area contributed by atoms with E-state index in [1.807, 2.05) is 23.7 Å². The fourth-order valence-electron chi connectivity index (χ4n) is 3.93. The zero-order chi connectivity index (χ0) is 24.7. The molecule has 1 fully saturated rings. The van der Waals surface area contributed by atoms with Gasteiger partial charge in [-0.2, -0.15) is 4.57 Å². The molecule has 1 aromatic carbocycles. The van der Waals surface area contributed by atoms with E-state index >= 15 is 0 Å². The number of ether oxygens (including phenoxy) is 1. The summed E-state index contributed by atoms with van der Waals surface area (Å²) in [7, 11) is 3.42. The number of rotatable bonds is 5. The molecular weight excluding hydrogens is 522 g/mol. The van der Waals surface area contributed by atoms with Gasteiger partial charge in [0.25, 0.3) is 5.01 Å². The minimum Gasteiger partial charge on any atom is -0.463 e. The number of nitrogens with zero attached hydrogens (tertiary/aromatic N) is 3. The molecule has 180 valence electrons. The van der Waals surface area contributed by atoms with Gasteiger partial charge in [-0.1, -0.05) is 53.0 Å². The highest BCUT2D eigenvalue weighted by atomic mass is 35.5. The van der Waals surface area contributed by atoms with E-state index in [1.54, 1.807) is 47.0 Å². The van der Waals surface area contributed by atoms with Crippen LogP contribution < -0.4 is 9.47 Å². The largest absolute Gasteiger partial charge is 0.463 e. The first-order valence-corrected chi connectivity index (χ1v) is 13.7. The lowest BCUT2D eigenvalue weighted by molar-refractivity contribution is -0.686. The molecule has 0 aliphatic carbocycles. The molecule has 35 heavy (non-hydrogen) atoms. The van der Waals surface area contributed by atoms with Crippen LogP contribution in [-0.2, 0) is 11.3 Å². The Hall–Kier alpha value is -2.59. The topological polar surface area (TPSA) is 49.8 Å². The fraction of sp³-hybridized carbons (Fsp3) is 0.200. The van der Waals surface area contributed by atoms with Crippen LogP contribution >= 0.6 is 46.5 Å². The van der Waals surface area contributed by atoms with E-state index in [2.05, 4.69) is 47.1 Å². The van der Waals surface area contributed by atoms with Gasteiger partial charge in [0.1, 0.15) is 0 Å². The van der Waals surface area contributed by atoms with Gasteiger partial charge in [-0.25, -0.2) is 4.79 Å². The van der Waals surface area contributed by atoms with Crippen LogP contribution in [0.4, 0.5) is 5.69 Å². The van der Waals surface area contributed by atoms with E-state index in [1.165, 1.54) is 7.11 Å². The van der Waals surface area contributed by atoms with E-state index in [0.717, 1.165) is 47.8 Å². The Bertz CT molecular complexity index is 1390. The second kappa shape index (κ2) is 9.81. The molecule has 4 heterocycles. The van der Waals surface area contributed by atoms with Gasteiger partial charge in [-0.3, -0.25) is 0 Å². The maximum atomic E-state index is 11.7. The van der Waals surface area contributed by atoms with Crippen LogP contribution in [0, 0.1) is 0 Å². The molecule has 2 aliphatic rings. The molecule has 0 atom stereocenters. The van der Waals surface area contributed by atoms with Crippen molar-refractivity contribution in [2.45, 2.75) is 18.4 Å². The summed E-state index contributed by atoms with van der Waals surface area (Å²) in [6.07, 6.45) is 4.20. The number of carbonyl (C=O) groups is 1. The van der Waals surface area contributed by atoms with E-state index in [9.17, 15) is 4.79 Å². The number of thiazole rings is 1. The van der Waals surface area contributed by atoms with Crippen LogP contribution in [0.1, 0.15) is 28.2 Å². The Balaban J connectivity index is 1.43. The highest BCUT2D eigenvalue weighted by molar-refractivity contribution is 8.09. The zero-order valence-electron chi connectivity index (χ0n) is 19.4. The molecular formula is C25H23ClN3O3S3+. The van der Waals surface area contributed by atoms with Crippen molar-refractivity contribution in [2.75, 3.05) is 25.6 Å². The number of benzene rings is 1. The number of anilines is 1. The Morgan fingerprint density at radius 1 is 1.29 bits per heavy atom. The van der Waals surface area contributed by atoms with E-state index in [4.69, 9.17) is 20.8 Å². The predicted molar refractivity (Wildman–Crippen MR) is 143 cm³/mol. The Morgan fingerprint density at radius 3 is 2.89 bits per heavy atom. The number of aromatic nitrogens is 1. The van der Waals surface area contributed by atoms with Gasteiger partial charge in [-0.05, 0) is 37.3 Å². The average molecular weight is 545 g/mol. The van der Waals surface area contributed by atoms with Crippen LogP contribution in [0.15, 0.2) is 78.5 Å². The van der Waals surface area contributed by atoms with Crippen LogP contribution in [0.5, 0.6) is 0 Å². The summed E-state index contributed by atoms with van der Waals surface area (Å²) in [5.74, 6) is 0.412. The van der Waals surface area contributed by atoms with Crippen molar-refractivity contribution in [3.63, 3.8) is 0 Å². The summed E-state index contributed by atoms with van der Waals surface area (Å²) in [6.45, 7) is 7.88. The maximum Gasteiger partial charge on any atom is 0.373 e. The number of carbonyl (C=O) groups excluding carboxylic acids is 1. The minimum atomic E-state index is -0.479. The Morgan fingerprint density at radius 2 is 2.11 bits per heavy atom. The Kier molecular flexibility index (Phi) is 6.76. The summed E-state index contributed by atoms with van der Waals surface area (Å²) in [5.41, 5.74) is 2.14. The monoisotopic (exact) mass is 544 g/mol. The lowest BCUT2D eigenvalue weighted by atomic mass is 10.3. The summed E-state index contributed by atoms with van der Waals surface area (Å²) in [5, 5.41) is 6.13. The summed E-state index contributed by atoms with van der Waals surface area (Å²) in [4.78, 5) is 18.5. The molecule has 0 N–H and O–H groups in total. The standard InChI is InChI=1S/C25H23ClN3O3S3/c1-5-29-15(2)23(24-27(3)18-8-6-16(26)12-20(18)34-24)35-22(29)13-21-28(10-11-33-21)14-17-7-9-19(32-17)25(30)31-4/h6-13H,2,5,14H2,1,3-4H3/q+1/b24-23+. The van der Waals surface area contributed by atoms with Crippen LogP contribution in [-0.4, -0.2) is 31.6 Å². The van der Waals surface area contributed by atoms with E-state index in [-0.39, 0.29) is 5.76 Å². The molecule has 0 bridgehead atoms. The molecule has 2 aromatic heterocycles. The molecule has 0 radical (unpaired) electrons. The number of fused-ring (bicyclic) bond motifs is 1. The maximum absolute atomic E-state index is 11.7. The molecule has 0 unspecified atom stereocenters.